The predicted octanol–water partition coefficient (Wildman–Crippen LogP) is 4.41. The number of nitrogen functional groups attached to an aromatic ring is 1. The van der Waals surface area contributed by atoms with Gasteiger partial charge >= 0.3 is 12.2 Å². The Morgan fingerprint density at radius 1 is 0.625 bits per heavy atom. The molecule has 80 heavy (non-hydrogen) atoms. The van der Waals surface area contributed by atoms with Gasteiger partial charge in [-0.3, -0.25) is 9.69 Å². The molecule has 3 aliphatic heterocycles. The molecule has 0 unspecified atom stereocenters. The quantitative estimate of drug-likeness (QED) is 0.0502. The van der Waals surface area contributed by atoms with Gasteiger partial charge in [0, 0.05) is 76.6 Å². The third-order valence-corrected chi connectivity index (χ3v) is 17.3. The first kappa shape index (κ1) is 63.5. The largest absolute Gasteiger partial charge is 0.444 e. The number of ether oxygens (including phenoxy) is 4. The van der Waals surface area contributed by atoms with Gasteiger partial charge in [-0.15, -0.1) is 0 Å². The van der Waals surface area contributed by atoms with Crippen molar-refractivity contribution in [2.75, 3.05) is 103 Å². The summed E-state index contributed by atoms with van der Waals surface area (Å²) in [5, 5.41) is 31.0. The molecule has 0 aromatic heterocycles. The fraction of sp³-hybridized carbons (Fsp3) is 0.526. The summed E-state index contributed by atoms with van der Waals surface area (Å²) in [6.45, 7) is 12.9. The van der Waals surface area contributed by atoms with Crippen molar-refractivity contribution in [1.82, 2.24) is 29.0 Å². The summed E-state index contributed by atoms with van der Waals surface area (Å²) in [6.07, 6.45) is -2.70. The van der Waals surface area contributed by atoms with Crippen molar-refractivity contribution in [1.29, 1.82) is 0 Å². The Labute approximate surface area is 472 Å². The maximum absolute atomic E-state index is 13.9. The molecule has 0 spiro atoms. The number of likely N-dealkylation sites (N-methyl/N-ethyl adjacent to an activating group) is 1. The number of hydrogen-bond donors (Lipinski definition) is 6. The van der Waals surface area contributed by atoms with Gasteiger partial charge in [-0.2, -0.15) is 8.61 Å². The minimum Gasteiger partial charge on any atom is -0.444 e. The summed E-state index contributed by atoms with van der Waals surface area (Å²) < 4.78 is 78.4. The molecule has 23 heteroatoms. The molecule has 0 bridgehead atoms. The van der Waals surface area contributed by atoms with Crippen LogP contribution in [0, 0.1) is 11.8 Å². The van der Waals surface area contributed by atoms with Crippen LogP contribution in [0.5, 0.6) is 0 Å². The predicted molar refractivity (Wildman–Crippen MR) is 305 cm³/mol. The zero-order valence-electron chi connectivity index (χ0n) is 46.6. The lowest BCUT2D eigenvalue weighted by atomic mass is 10.0. The molecule has 0 saturated carbocycles. The van der Waals surface area contributed by atoms with Crippen LogP contribution >= 0.6 is 0 Å². The lowest BCUT2D eigenvalue weighted by Crippen LogP contribution is -2.51. The van der Waals surface area contributed by atoms with Crippen molar-refractivity contribution < 1.29 is 60.4 Å². The number of carbonyl (C=O) groups excluding carboxylic acids is 3. The number of nitrogens with two attached hydrogens (primary N) is 1. The van der Waals surface area contributed by atoms with Crippen LogP contribution in [0.2, 0.25) is 0 Å². The highest BCUT2D eigenvalue weighted by Crippen LogP contribution is 2.24. The molecule has 4 aromatic carbocycles. The van der Waals surface area contributed by atoms with E-state index in [1.165, 1.54) is 45.0 Å². The van der Waals surface area contributed by atoms with Crippen molar-refractivity contribution in [3.05, 3.63) is 120 Å². The summed E-state index contributed by atoms with van der Waals surface area (Å²) in [7, 11) is -5.88. The fourth-order valence-electron chi connectivity index (χ4n) is 9.27. The Morgan fingerprint density at radius 3 is 1.43 bits per heavy atom. The number of amides is 3. The van der Waals surface area contributed by atoms with Gasteiger partial charge in [0.2, 0.25) is 26.0 Å². The van der Waals surface area contributed by atoms with E-state index >= 15 is 0 Å². The Hall–Kier alpha value is -5.73. The van der Waals surface area contributed by atoms with Crippen LogP contribution in [0.3, 0.4) is 0 Å². The monoisotopic (exact) mass is 1150 g/mol. The lowest BCUT2D eigenvalue weighted by molar-refractivity contribution is -0.117. The van der Waals surface area contributed by atoms with Crippen LogP contribution < -0.4 is 21.7 Å². The van der Waals surface area contributed by atoms with Crippen LogP contribution in [0.25, 0.3) is 0 Å². The lowest BCUT2D eigenvalue weighted by Gasteiger charge is -2.31. The molecule has 440 valence electrons. The van der Waals surface area contributed by atoms with Gasteiger partial charge in [0.05, 0.1) is 67.1 Å². The van der Waals surface area contributed by atoms with Crippen LogP contribution in [0.15, 0.2) is 119 Å². The third kappa shape index (κ3) is 20.4. The minimum absolute atomic E-state index is 0.0126. The number of nitrogens with zero attached hydrogens (tertiary/aromatic N) is 4. The number of nitrogens with one attached hydrogen (secondary N) is 3. The number of alkyl carbamates (subject to hydrolysis) is 2. The second-order valence-electron chi connectivity index (χ2n) is 21.5. The average molecular weight is 1150 g/mol. The topological polar surface area (TPSA) is 272 Å². The molecule has 3 heterocycles. The molecule has 4 aromatic rings. The van der Waals surface area contributed by atoms with Gasteiger partial charge in [0.25, 0.3) is 0 Å². The molecule has 21 nitrogen and oxygen atoms in total. The summed E-state index contributed by atoms with van der Waals surface area (Å²) in [5.74, 6) is -0.178. The SMILES string of the molecule is CC(C)CN(C[C@@H](O)[C@H](Cc1ccccc1)NC(=O)O[C@H]1CCOC1)S(=O)(=O)c1ccc(N)cc1.CC(C)CN(C[C@@H](O)[C@H](Cc1ccccc1)NC(=O)O[C@H]1CCOC1)S(=O)(=O)c1ccc(NC(=O)CN2CCN(C)CC2)cc1. The van der Waals surface area contributed by atoms with Crippen LogP contribution in [-0.2, 0) is 56.6 Å². The highest BCUT2D eigenvalue weighted by Gasteiger charge is 2.35. The number of aliphatic hydroxyl groups is 2. The molecule has 6 atom stereocenters. The molecule has 3 aliphatic rings. The molecule has 0 aliphatic carbocycles. The number of sulfonamides is 2. The first-order valence-electron chi connectivity index (χ1n) is 27.3. The first-order chi connectivity index (χ1) is 38.1. The van der Waals surface area contributed by atoms with Gasteiger partial charge in [0.1, 0.15) is 12.2 Å². The molecular weight excluding hydrogens is 1070 g/mol. The highest BCUT2D eigenvalue weighted by molar-refractivity contribution is 7.89. The molecule has 3 saturated heterocycles. The van der Waals surface area contributed by atoms with E-state index in [0.717, 1.165) is 37.3 Å². The normalized spacial score (nSPS) is 18.7. The van der Waals surface area contributed by atoms with Gasteiger partial charge in [-0.05, 0) is 91.4 Å². The van der Waals surface area contributed by atoms with Gasteiger partial charge in [-0.1, -0.05) is 88.4 Å². The van der Waals surface area contributed by atoms with E-state index in [4.69, 9.17) is 24.7 Å². The van der Waals surface area contributed by atoms with Gasteiger partial charge in [0.15, 0.2) is 0 Å². The van der Waals surface area contributed by atoms with E-state index in [-0.39, 0.29) is 78.9 Å². The molecule has 3 amide bonds. The second kappa shape index (κ2) is 30.9. The molecule has 0 radical (unpaired) electrons. The van der Waals surface area contributed by atoms with E-state index in [0.29, 0.717) is 57.1 Å². The Kier molecular flexibility index (Phi) is 24.5. The van der Waals surface area contributed by atoms with Crippen LogP contribution in [0.4, 0.5) is 21.0 Å². The smallest absolute Gasteiger partial charge is 0.407 e. The van der Waals surface area contributed by atoms with Crippen molar-refractivity contribution in [3.63, 3.8) is 0 Å². The number of benzene rings is 4. The molecule has 3 fully saturated rings. The summed E-state index contributed by atoms with van der Waals surface area (Å²) in [6, 6.07) is 29.2. The highest BCUT2D eigenvalue weighted by atomic mass is 32.2. The number of aliphatic hydroxyl groups excluding tert-OH is 2. The molecular formula is C57H82N8O13S2. The van der Waals surface area contributed by atoms with Gasteiger partial charge in [-0.25, -0.2) is 26.4 Å². The Balaban J connectivity index is 0.000000266. The number of hydrogen-bond acceptors (Lipinski definition) is 16. The molecule has 7 N–H and O–H groups in total. The van der Waals surface area contributed by atoms with Crippen molar-refractivity contribution in [3.8, 4) is 0 Å². The van der Waals surface area contributed by atoms with E-state index < -0.39 is 56.5 Å². The maximum Gasteiger partial charge on any atom is 0.407 e. The number of piperazine rings is 1. The maximum atomic E-state index is 13.9. The Morgan fingerprint density at radius 2 is 1.04 bits per heavy atom. The average Bonchev–Trinajstić information content (AvgIpc) is 4.20. The summed E-state index contributed by atoms with van der Waals surface area (Å²) in [5.41, 5.74) is 8.43. The van der Waals surface area contributed by atoms with Crippen LogP contribution in [-0.4, -0.2) is 192 Å². The zero-order chi connectivity index (χ0) is 57.8. The third-order valence-electron chi connectivity index (χ3n) is 13.6. The van der Waals surface area contributed by atoms with E-state index in [1.54, 1.807) is 12.1 Å². The number of carbonyl (C=O) groups is 3. The fourth-order valence-corrected chi connectivity index (χ4v) is 12.5. The van der Waals surface area contributed by atoms with Crippen LogP contribution in [0.1, 0.15) is 51.7 Å². The number of anilines is 2. The van der Waals surface area contributed by atoms with E-state index in [1.807, 2.05) is 88.4 Å². The van der Waals surface area contributed by atoms with Crippen molar-refractivity contribution >= 4 is 49.5 Å². The van der Waals surface area contributed by atoms with Gasteiger partial charge < -0.3 is 55.7 Å². The standard InChI is InChI=1S/C32H47N5O7S.C25H35N3O6S/c1-24(2)20-37(21-30(38)29(19-25-7-5-4-6-8-25)34-32(40)44-27-13-18-43-23-27)45(41,42)28-11-9-26(10-12-28)33-31(39)22-36-16-14-35(3)15-17-36;1-18(2)15-28(35(31,32)22-10-8-20(26)9-11-22)16-24(29)23(14-19-6-4-3-5-7-19)27-25(30)34-21-12-13-33-17-21/h4-12,24,27,29-30,38H,13-23H2,1-3H3,(H,33,39)(H,34,40);3-11,18,21,23-24,29H,12-17,26H2,1-2H3,(H,27,30)/t27-,29-,30+;21-,23-,24+/m00/s1. The number of rotatable bonds is 25. The second-order valence-corrected chi connectivity index (χ2v) is 25.3. The van der Waals surface area contributed by atoms with E-state index in [2.05, 4.69) is 32.8 Å². The minimum atomic E-state index is -4.03. The Bertz CT molecular complexity index is 2750. The van der Waals surface area contributed by atoms with E-state index in [9.17, 15) is 41.4 Å². The summed E-state index contributed by atoms with van der Waals surface area (Å²) >= 11 is 0. The van der Waals surface area contributed by atoms with Crippen molar-refractivity contribution in [2.24, 2.45) is 11.8 Å². The zero-order valence-corrected chi connectivity index (χ0v) is 48.2. The molecule has 7 rings (SSSR count). The van der Waals surface area contributed by atoms with Crippen molar-refractivity contribution in [2.45, 2.75) is 99.7 Å². The summed E-state index contributed by atoms with van der Waals surface area (Å²) in [4.78, 5) is 42.4. The first-order valence-corrected chi connectivity index (χ1v) is 30.2.